The molecule has 0 spiro atoms. The second kappa shape index (κ2) is 7.90. The molecule has 4 nitrogen and oxygen atoms in total. The zero-order valence-corrected chi connectivity index (χ0v) is 15.1. The van der Waals surface area contributed by atoms with Crippen molar-refractivity contribution in [1.82, 2.24) is 4.90 Å². The molecular weight excluding hydrogens is 355 g/mol. The standard InChI is InChI=1S/C20H22F3N3O/c1-2-15-5-3-4-6-18(15)24-19(27)26-13-11-25(12-14-26)17-9-7-16(8-10-17)20(21,22)23/h3-10H,2,11-14H2,1H3,(H,24,27). The third-order valence-corrected chi connectivity index (χ3v) is 4.77. The first-order valence-electron chi connectivity index (χ1n) is 8.94. The van der Waals surface area contributed by atoms with E-state index < -0.39 is 11.7 Å². The van der Waals surface area contributed by atoms with Gasteiger partial charge < -0.3 is 15.1 Å². The highest BCUT2D eigenvalue weighted by molar-refractivity contribution is 5.90. The Bertz CT molecular complexity index is 782. The minimum absolute atomic E-state index is 0.150. The summed E-state index contributed by atoms with van der Waals surface area (Å²) >= 11 is 0. The van der Waals surface area contributed by atoms with Gasteiger partial charge in [-0.25, -0.2) is 4.79 Å². The molecule has 0 saturated carbocycles. The van der Waals surface area contributed by atoms with Gasteiger partial charge in [0, 0.05) is 37.6 Å². The summed E-state index contributed by atoms with van der Waals surface area (Å²) in [6, 6.07) is 12.7. The maximum absolute atomic E-state index is 12.7. The third kappa shape index (κ3) is 4.53. The number of rotatable bonds is 3. The number of carbonyl (C=O) groups is 1. The number of urea groups is 1. The lowest BCUT2D eigenvalue weighted by atomic mass is 10.1. The molecule has 1 heterocycles. The van der Waals surface area contributed by atoms with Crippen molar-refractivity contribution >= 4 is 17.4 Å². The van der Waals surface area contributed by atoms with Gasteiger partial charge in [-0.15, -0.1) is 0 Å². The van der Waals surface area contributed by atoms with E-state index in [4.69, 9.17) is 0 Å². The molecule has 0 aliphatic carbocycles. The van der Waals surface area contributed by atoms with Gasteiger partial charge in [0.2, 0.25) is 0 Å². The van der Waals surface area contributed by atoms with Crippen molar-refractivity contribution in [2.75, 3.05) is 36.4 Å². The van der Waals surface area contributed by atoms with Crippen LogP contribution in [0.2, 0.25) is 0 Å². The summed E-state index contributed by atoms with van der Waals surface area (Å²) in [6.45, 7) is 4.22. The number of hydrogen-bond donors (Lipinski definition) is 1. The van der Waals surface area contributed by atoms with Crippen LogP contribution in [0.3, 0.4) is 0 Å². The van der Waals surface area contributed by atoms with Crippen LogP contribution in [0.1, 0.15) is 18.1 Å². The first-order valence-corrected chi connectivity index (χ1v) is 8.94. The second-order valence-electron chi connectivity index (χ2n) is 6.46. The summed E-state index contributed by atoms with van der Waals surface area (Å²) < 4.78 is 38.0. The van der Waals surface area contributed by atoms with Gasteiger partial charge in [0.15, 0.2) is 0 Å². The van der Waals surface area contributed by atoms with E-state index in [0.29, 0.717) is 26.2 Å². The molecule has 27 heavy (non-hydrogen) atoms. The summed E-state index contributed by atoms with van der Waals surface area (Å²) in [5.74, 6) is 0. The van der Waals surface area contributed by atoms with Gasteiger partial charge >= 0.3 is 12.2 Å². The topological polar surface area (TPSA) is 35.6 Å². The number of nitrogens with zero attached hydrogens (tertiary/aromatic N) is 2. The zero-order chi connectivity index (χ0) is 19.4. The first kappa shape index (κ1) is 19.1. The lowest BCUT2D eigenvalue weighted by Gasteiger charge is -2.36. The number of amides is 2. The van der Waals surface area contributed by atoms with Crippen molar-refractivity contribution in [3.05, 3.63) is 59.7 Å². The summed E-state index contributed by atoms with van der Waals surface area (Å²) in [6.07, 6.45) is -3.50. The molecule has 0 aromatic heterocycles. The highest BCUT2D eigenvalue weighted by atomic mass is 19.4. The zero-order valence-electron chi connectivity index (χ0n) is 15.1. The molecule has 2 amide bonds. The van der Waals surface area contributed by atoms with E-state index in [1.165, 1.54) is 12.1 Å². The Morgan fingerprint density at radius 3 is 2.22 bits per heavy atom. The van der Waals surface area contributed by atoms with Crippen molar-refractivity contribution in [2.45, 2.75) is 19.5 Å². The molecule has 144 valence electrons. The van der Waals surface area contributed by atoms with Crippen molar-refractivity contribution in [2.24, 2.45) is 0 Å². The maximum atomic E-state index is 12.7. The Morgan fingerprint density at radius 2 is 1.63 bits per heavy atom. The van der Waals surface area contributed by atoms with Crippen LogP contribution in [0.15, 0.2) is 48.5 Å². The number of aryl methyl sites for hydroxylation is 1. The molecule has 0 bridgehead atoms. The molecule has 7 heteroatoms. The molecule has 0 atom stereocenters. The molecule has 1 N–H and O–H groups in total. The van der Waals surface area contributed by atoms with Crippen LogP contribution in [0.25, 0.3) is 0 Å². The molecule has 2 aromatic carbocycles. The Balaban J connectivity index is 1.57. The third-order valence-electron chi connectivity index (χ3n) is 4.77. The number of anilines is 2. The minimum Gasteiger partial charge on any atom is -0.368 e. The molecule has 3 rings (SSSR count). The van der Waals surface area contributed by atoms with Gasteiger partial charge in [-0.1, -0.05) is 25.1 Å². The van der Waals surface area contributed by atoms with Gasteiger partial charge in [0.1, 0.15) is 0 Å². The molecule has 1 aliphatic rings. The van der Waals surface area contributed by atoms with Crippen LogP contribution in [0.5, 0.6) is 0 Å². The average Bonchev–Trinajstić information content (AvgIpc) is 2.68. The minimum atomic E-state index is -4.33. The van der Waals surface area contributed by atoms with Crippen LogP contribution < -0.4 is 10.2 Å². The van der Waals surface area contributed by atoms with Gasteiger partial charge in [0.25, 0.3) is 0 Å². The van der Waals surface area contributed by atoms with E-state index in [9.17, 15) is 18.0 Å². The summed E-state index contributed by atoms with van der Waals surface area (Å²) in [4.78, 5) is 16.2. The quantitative estimate of drug-likeness (QED) is 0.847. The van der Waals surface area contributed by atoms with Crippen molar-refractivity contribution in [1.29, 1.82) is 0 Å². The predicted molar refractivity (Wildman–Crippen MR) is 100 cm³/mol. The van der Waals surface area contributed by atoms with Gasteiger partial charge in [-0.3, -0.25) is 0 Å². The van der Waals surface area contributed by atoms with E-state index >= 15 is 0 Å². The monoisotopic (exact) mass is 377 g/mol. The number of alkyl halides is 3. The number of para-hydroxylation sites is 1. The highest BCUT2D eigenvalue weighted by Gasteiger charge is 2.30. The van der Waals surface area contributed by atoms with Crippen LogP contribution in [-0.2, 0) is 12.6 Å². The van der Waals surface area contributed by atoms with Crippen LogP contribution in [0, 0.1) is 0 Å². The summed E-state index contributed by atoms with van der Waals surface area (Å²) in [5.41, 5.74) is 1.97. The van der Waals surface area contributed by atoms with E-state index in [2.05, 4.69) is 5.32 Å². The van der Waals surface area contributed by atoms with E-state index in [-0.39, 0.29) is 6.03 Å². The smallest absolute Gasteiger partial charge is 0.368 e. The molecule has 1 aliphatic heterocycles. The van der Waals surface area contributed by atoms with E-state index in [1.54, 1.807) is 4.90 Å². The van der Waals surface area contributed by atoms with Crippen LogP contribution in [-0.4, -0.2) is 37.1 Å². The fraction of sp³-hybridized carbons (Fsp3) is 0.350. The normalized spacial score (nSPS) is 15.0. The van der Waals surface area contributed by atoms with Gasteiger partial charge in [-0.2, -0.15) is 13.2 Å². The van der Waals surface area contributed by atoms with E-state index in [1.807, 2.05) is 36.1 Å². The second-order valence-corrected chi connectivity index (χ2v) is 6.46. The summed E-state index contributed by atoms with van der Waals surface area (Å²) in [5, 5.41) is 2.95. The van der Waals surface area contributed by atoms with Crippen LogP contribution in [0.4, 0.5) is 29.3 Å². The molecule has 1 saturated heterocycles. The van der Waals surface area contributed by atoms with Gasteiger partial charge in [0.05, 0.1) is 5.56 Å². The maximum Gasteiger partial charge on any atom is 0.416 e. The van der Waals surface area contributed by atoms with Crippen molar-refractivity contribution < 1.29 is 18.0 Å². The number of halogens is 3. The molecule has 0 unspecified atom stereocenters. The molecule has 1 fully saturated rings. The Kier molecular flexibility index (Phi) is 5.58. The molecule has 0 radical (unpaired) electrons. The fourth-order valence-electron chi connectivity index (χ4n) is 3.17. The van der Waals surface area contributed by atoms with Gasteiger partial charge in [-0.05, 0) is 42.3 Å². The van der Waals surface area contributed by atoms with Crippen molar-refractivity contribution in [3.8, 4) is 0 Å². The molecular formula is C20H22F3N3O. The fourth-order valence-corrected chi connectivity index (χ4v) is 3.17. The highest BCUT2D eigenvalue weighted by Crippen LogP contribution is 2.30. The largest absolute Gasteiger partial charge is 0.416 e. The van der Waals surface area contributed by atoms with Crippen LogP contribution >= 0.6 is 0 Å². The lowest BCUT2D eigenvalue weighted by molar-refractivity contribution is -0.137. The number of carbonyl (C=O) groups excluding carboxylic acids is 1. The average molecular weight is 377 g/mol. The lowest BCUT2D eigenvalue weighted by Crippen LogP contribution is -2.50. The number of nitrogens with one attached hydrogen (secondary N) is 1. The number of piperazine rings is 1. The first-order chi connectivity index (χ1) is 12.9. The predicted octanol–water partition coefficient (Wildman–Crippen LogP) is 4.62. The Hall–Kier alpha value is -2.70. The van der Waals surface area contributed by atoms with E-state index in [0.717, 1.165) is 35.5 Å². The summed E-state index contributed by atoms with van der Waals surface area (Å²) in [7, 11) is 0. The van der Waals surface area contributed by atoms with Crippen molar-refractivity contribution in [3.63, 3.8) is 0 Å². The number of benzene rings is 2. The SMILES string of the molecule is CCc1ccccc1NC(=O)N1CCN(c2ccc(C(F)(F)F)cc2)CC1. The number of hydrogen-bond acceptors (Lipinski definition) is 2. The Morgan fingerprint density at radius 1 is 1.00 bits per heavy atom. The molecule has 2 aromatic rings. The Labute approximate surface area is 156 Å².